The fourth-order valence-electron chi connectivity index (χ4n) is 2.62. The van der Waals surface area contributed by atoms with Crippen molar-refractivity contribution in [2.24, 2.45) is 11.5 Å². The molecule has 0 radical (unpaired) electrons. The predicted molar refractivity (Wildman–Crippen MR) is 120 cm³/mol. The van der Waals surface area contributed by atoms with Gasteiger partial charge < -0.3 is 37.6 Å². The maximum atomic E-state index is 12.6. The minimum absolute atomic E-state index is 0.163. The van der Waals surface area contributed by atoms with Crippen molar-refractivity contribution in [3.63, 3.8) is 0 Å². The molecular formula is C19H35N5O7S. The van der Waals surface area contributed by atoms with Gasteiger partial charge in [0.2, 0.25) is 17.7 Å². The lowest BCUT2D eigenvalue weighted by molar-refractivity contribution is -0.143. The van der Waals surface area contributed by atoms with Gasteiger partial charge in [0.25, 0.3) is 0 Å². The van der Waals surface area contributed by atoms with Crippen molar-refractivity contribution in [1.29, 1.82) is 0 Å². The number of rotatable bonds is 17. The van der Waals surface area contributed by atoms with Crippen LogP contribution in [0.25, 0.3) is 0 Å². The van der Waals surface area contributed by atoms with E-state index in [9.17, 15) is 29.1 Å². The van der Waals surface area contributed by atoms with Gasteiger partial charge >= 0.3 is 11.9 Å². The van der Waals surface area contributed by atoms with Crippen LogP contribution in [0, 0.1) is 0 Å². The molecule has 12 nitrogen and oxygen atoms in total. The highest BCUT2D eigenvalue weighted by atomic mass is 32.2. The van der Waals surface area contributed by atoms with Crippen LogP contribution in [0.4, 0.5) is 0 Å². The summed E-state index contributed by atoms with van der Waals surface area (Å²) < 4.78 is 0. The summed E-state index contributed by atoms with van der Waals surface area (Å²) in [6.45, 7) is 1.87. The highest BCUT2D eigenvalue weighted by Crippen LogP contribution is 2.05. The second-order valence-electron chi connectivity index (χ2n) is 7.30. The Kier molecular flexibility index (Phi) is 15.1. The number of hydrogen-bond acceptors (Lipinski definition) is 8. The molecule has 4 atom stereocenters. The van der Waals surface area contributed by atoms with E-state index in [1.54, 1.807) is 6.26 Å². The number of amides is 3. The van der Waals surface area contributed by atoms with E-state index in [4.69, 9.17) is 16.6 Å². The summed E-state index contributed by atoms with van der Waals surface area (Å²) in [4.78, 5) is 59.5. The second-order valence-corrected chi connectivity index (χ2v) is 8.28. The third-order valence-corrected chi connectivity index (χ3v) is 5.21. The first-order valence-corrected chi connectivity index (χ1v) is 11.7. The van der Waals surface area contributed by atoms with Crippen LogP contribution in [0.1, 0.15) is 45.4 Å². The lowest BCUT2D eigenvalue weighted by atomic mass is 10.1. The van der Waals surface area contributed by atoms with E-state index in [-0.39, 0.29) is 12.8 Å². The SMILES string of the molecule is CSCCC(NC(=O)C(CCC(=O)O)NC(=O)C(C)NC(=O)C(N)CCCCN)C(=O)O. The summed E-state index contributed by atoms with van der Waals surface area (Å²) in [6.07, 6.45) is 3.05. The lowest BCUT2D eigenvalue weighted by Gasteiger charge is -2.23. The standard InChI is InChI=1S/C19H35N5O7S/c1-11(22-17(28)12(21)5-3-4-9-20)16(27)23-13(6-7-15(25)26)18(29)24-14(19(30)31)8-10-32-2/h11-14H,3-10,20-21H2,1-2H3,(H,22,28)(H,23,27)(H,24,29)(H,25,26)(H,30,31). The van der Waals surface area contributed by atoms with Crippen molar-refractivity contribution in [2.75, 3.05) is 18.6 Å². The summed E-state index contributed by atoms with van der Waals surface area (Å²) in [5.74, 6) is -4.02. The van der Waals surface area contributed by atoms with Crippen molar-refractivity contribution in [3.05, 3.63) is 0 Å². The van der Waals surface area contributed by atoms with Gasteiger partial charge in [0.1, 0.15) is 18.1 Å². The average molecular weight is 478 g/mol. The largest absolute Gasteiger partial charge is 0.481 e. The lowest BCUT2D eigenvalue weighted by Crippen LogP contribution is -2.56. The van der Waals surface area contributed by atoms with Crippen molar-refractivity contribution in [1.82, 2.24) is 16.0 Å². The zero-order valence-corrected chi connectivity index (χ0v) is 19.3. The fraction of sp³-hybridized carbons (Fsp3) is 0.737. The number of unbranched alkanes of at least 4 members (excludes halogenated alkanes) is 1. The predicted octanol–water partition coefficient (Wildman–Crippen LogP) is -1.38. The second kappa shape index (κ2) is 16.3. The van der Waals surface area contributed by atoms with Crippen LogP contribution >= 0.6 is 11.8 Å². The number of carboxylic acid groups (broad SMARTS) is 2. The first kappa shape index (κ1) is 29.6. The van der Waals surface area contributed by atoms with Gasteiger partial charge in [-0.1, -0.05) is 6.42 Å². The zero-order chi connectivity index (χ0) is 24.7. The molecule has 184 valence electrons. The Balaban J connectivity index is 5.05. The van der Waals surface area contributed by atoms with Crippen LogP contribution < -0.4 is 27.4 Å². The maximum Gasteiger partial charge on any atom is 0.326 e. The summed E-state index contributed by atoms with van der Waals surface area (Å²) in [5, 5.41) is 25.4. The summed E-state index contributed by atoms with van der Waals surface area (Å²) in [7, 11) is 0. The normalized spacial score (nSPS) is 14.5. The Bertz CT molecular complexity index is 650. The Labute approximate surface area is 191 Å². The van der Waals surface area contributed by atoms with E-state index in [1.165, 1.54) is 18.7 Å². The molecule has 9 N–H and O–H groups in total. The van der Waals surface area contributed by atoms with Gasteiger partial charge in [-0.2, -0.15) is 11.8 Å². The molecule has 4 unspecified atom stereocenters. The summed E-state index contributed by atoms with van der Waals surface area (Å²) in [5.41, 5.74) is 11.2. The Hall–Kier alpha value is -2.38. The number of thioether (sulfide) groups is 1. The van der Waals surface area contributed by atoms with Crippen molar-refractivity contribution < 1.29 is 34.2 Å². The number of nitrogens with one attached hydrogen (secondary N) is 3. The molecular weight excluding hydrogens is 442 g/mol. The van der Waals surface area contributed by atoms with Crippen LogP contribution in [0.2, 0.25) is 0 Å². The number of aliphatic carboxylic acids is 2. The van der Waals surface area contributed by atoms with E-state index in [0.717, 1.165) is 0 Å². The molecule has 32 heavy (non-hydrogen) atoms. The van der Waals surface area contributed by atoms with Crippen LogP contribution in [0.3, 0.4) is 0 Å². The topological polar surface area (TPSA) is 214 Å². The molecule has 0 rings (SSSR count). The smallest absolute Gasteiger partial charge is 0.326 e. The van der Waals surface area contributed by atoms with Crippen LogP contribution in [-0.2, 0) is 24.0 Å². The Morgan fingerprint density at radius 2 is 1.50 bits per heavy atom. The van der Waals surface area contributed by atoms with Crippen LogP contribution in [0.5, 0.6) is 0 Å². The molecule has 0 aromatic heterocycles. The number of carbonyl (C=O) groups excluding carboxylic acids is 3. The monoisotopic (exact) mass is 477 g/mol. The molecule has 0 saturated carbocycles. The molecule has 0 fully saturated rings. The fourth-order valence-corrected chi connectivity index (χ4v) is 3.10. The van der Waals surface area contributed by atoms with Crippen molar-refractivity contribution in [3.8, 4) is 0 Å². The van der Waals surface area contributed by atoms with E-state index >= 15 is 0 Å². The molecule has 0 aromatic rings. The number of nitrogens with two attached hydrogens (primary N) is 2. The molecule has 0 bridgehead atoms. The summed E-state index contributed by atoms with van der Waals surface area (Å²) >= 11 is 1.41. The van der Waals surface area contributed by atoms with Gasteiger partial charge in [0.05, 0.1) is 6.04 Å². The Morgan fingerprint density at radius 1 is 0.875 bits per heavy atom. The van der Waals surface area contributed by atoms with Crippen LogP contribution in [0.15, 0.2) is 0 Å². The Morgan fingerprint density at radius 3 is 2.03 bits per heavy atom. The van der Waals surface area contributed by atoms with E-state index in [0.29, 0.717) is 31.6 Å². The third kappa shape index (κ3) is 12.5. The maximum absolute atomic E-state index is 12.6. The van der Waals surface area contributed by atoms with E-state index in [2.05, 4.69) is 16.0 Å². The van der Waals surface area contributed by atoms with Gasteiger partial charge in [0.15, 0.2) is 0 Å². The van der Waals surface area contributed by atoms with Gasteiger partial charge in [0, 0.05) is 6.42 Å². The zero-order valence-electron chi connectivity index (χ0n) is 18.5. The summed E-state index contributed by atoms with van der Waals surface area (Å²) in [6, 6.07) is -4.33. The van der Waals surface area contributed by atoms with Crippen molar-refractivity contribution in [2.45, 2.75) is 69.6 Å². The average Bonchev–Trinajstić information content (AvgIpc) is 2.73. The highest BCUT2D eigenvalue weighted by Gasteiger charge is 2.29. The highest BCUT2D eigenvalue weighted by molar-refractivity contribution is 7.98. The van der Waals surface area contributed by atoms with Gasteiger partial charge in [-0.05, 0) is 51.2 Å². The van der Waals surface area contributed by atoms with E-state index < -0.39 is 60.2 Å². The number of hydrogen-bond donors (Lipinski definition) is 7. The minimum atomic E-state index is -1.28. The first-order chi connectivity index (χ1) is 15.0. The first-order valence-electron chi connectivity index (χ1n) is 10.3. The molecule has 3 amide bonds. The molecule has 0 heterocycles. The van der Waals surface area contributed by atoms with Crippen LogP contribution in [-0.4, -0.2) is 82.6 Å². The molecule has 0 saturated heterocycles. The number of carbonyl (C=O) groups is 5. The minimum Gasteiger partial charge on any atom is -0.481 e. The molecule has 0 aliphatic heterocycles. The number of carboxylic acids is 2. The third-order valence-electron chi connectivity index (χ3n) is 4.56. The van der Waals surface area contributed by atoms with Crippen molar-refractivity contribution >= 4 is 41.4 Å². The molecule has 0 spiro atoms. The quantitative estimate of drug-likeness (QED) is 0.122. The molecule has 13 heteroatoms. The molecule has 0 aliphatic rings. The van der Waals surface area contributed by atoms with E-state index in [1.807, 2.05) is 0 Å². The van der Waals surface area contributed by atoms with Gasteiger partial charge in [-0.3, -0.25) is 19.2 Å². The molecule has 0 aliphatic carbocycles. The molecule has 0 aromatic carbocycles. The van der Waals surface area contributed by atoms with Gasteiger partial charge in [-0.25, -0.2) is 4.79 Å². The van der Waals surface area contributed by atoms with Gasteiger partial charge in [-0.15, -0.1) is 0 Å².